The second-order valence-corrected chi connectivity index (χ2v) is 9.34. The second kappa shape index (κ2) is 7.06. The molecule has 0 radical (unpaired) electrons. The van der Waals surface area contributed by atoms with E-state index >= 15 is 0 Å². The average molecular weight is 406 g/mol. The highest BCUT2D eigenvalue weighted by atomic mass is 16.5. The molecule has 2 aliphatic heterocycles. The Morgan fingerprint density at radius 2 is 2.03 bits per heavy atom. The first-order valence-corrected chi connectivity index (χ1v) is 11.0. The Bertz CT molecular complexity index is 1090. The number of morpholine rings is 1. The molecule has 30 heavy (non-hydrogen) atoms. The van der Waals surface area contributed by atoms with Crippen molar-refractivity contribution in [2.75, 3.05) is 24.7 Å². The molecule has 0 amide bonds. The summed E-state index contributed by atoms with van der Waals surface area (Å²) in [7, 11) is 0. The number of anilines is 1. The van der Waals surface area contributed by atoms with Crippen LogP contribution in [-0.2, 0) is 16.8 Å². The van der Waals surface area contributed by atoms with E-state index in [1.54, 1.807) is 0 Å². The fourth-order valence-electron chi connectivity index (χ4n) is 5.14. The Hall–Kier alpha value is -2.44. The van der Waals surface area contributed by atoms with Gasteiger partial charge in [-0.2, -0.15) is 0 Å². The lowest BCUT2D eigenvalue weighted by Gasteiger charge is -2.35. The molecule has 0 saturated carbocycles. The van der Waals surface area contributed by atoms with Crippen molar-refractivity contribution in [3.8, 4) is 11.4 Å². The molecule has 3 aromatic rings. The summed E-state index contributed by atoms with van der Waals surface area (Å²) in [6, 6.07) is 9.15. The van der Waals surface area contributed by atoms with Crippen molar-refractivity contribution >= 4 is 16.7 Å². The Kier molecular flexibility index (Phi) is 4.60. The van der Waals surface area contributed by atoms with Crippen LogP contribution in [0.1, 0.15) is 45.9 Å². The van der Waals surface area contributed by atoms with E-state index in [0.717, 1.165) is 60.1 Å². The van der Waals surface area contributed by atoms with Crippen LogP contribution in [0.3, 0.4) is 0 Å². The Labute approximate surface area is 178 Å². The second-order valence-electron chi connectivity index (χ2n) is 9.34. The number of nitrogens with one attached hydrogen (secondary N) is 1. The van der Waals surface area contributed by atoms with Crippen molar-refractivity contribution in [1.29, 1.82) is 0 Å². The lowest BCUT2D eigenvalue weighted by atomic mass is 9.98. The van der Waals surface area contributed by atoms with Gasteiger partial charge in [0, 0.05) is 47.4 Å². The highest BCUT2D eigenvalue weighted by Crippen LogP contribution is 2.44. The lowest BCUT2D eigenvalue weighted by Crippen LogP contribution is -2.44. The Morgan fingerprint density at radius 3 is 2.80 bits per heavy atom. The summed E-state index contributed by atoms with van der Waals surface area (Å²) in [5.41, 5.74) is 4.48. The standard InChI is InChI=1S/C24H31N5O/c1-15(2)29-13-19-21(24(29,4)5)26-22(18-7-6-8-20-17(18)9-10-25-20)27-23(19)28-11-12-30-14-16(28)3/h6-10,15-16,25H,11-14H2,1-5H3/t16-/m1/s1. The number of aromatic nitrogens is 3. The number of nitrogens with zero attached hydrogens (tertiary/aromatic N) is 4. The summed E-state index contributed by atoms with van der Waals surface area (Å²) in [6.07, 6.45) is 1.98. The van der Waals surface area contributed by atoms with Crippen molar-refractivity contribution in [3.63, 3.8) is 0 Å². The number of hydrogen-bond acceptors (Lipinski definition) is 5. The molecule has 158 valence electrons. The molecule has 6 nitrogen and oxygen atoms in total. The third-order valence-electron chi connectivity index (χ3n) is 6.71. The van der Waals surface area contributed by atoms with Crippen LogP contribution in [0.4, 0.5) is 5.82 Å². The molecule has 6 heteroatoms. The zero-order chi connectivity index (χ0) is 21.0. The summed E-state index contributed by atoms with van der Waals surface area (Å²) in [6.45, 7) is 14.5. The number of fused-ring (bicyclic) bond motifs is 2. The smallest absolute Gasteiger partial charge is 0.162 e. The normalized spacial score (nSPS) is 21.5. The summed E-state index contributed by atoms with van der Waals surface area (Å²) < 4.78 is 5.72. The van der Waals surface area contributed by atoms with Gasteiger partial charge in [0.2, 0.25) is 0 Å². The number of hydrogen-bond donors (Lipinski definition) is 1. The van der Waals surface area contributed by atoms with Crippen LogP contribution in [-0.4, -0.2) is 51.7 Å². The maximum absolute atomic E-state index is 5.72. The van der Waals surface area contributed by atoms with Gasteiger partial charge in [0.25, 0.3) is 0 Å². The van der Waals surface area contributed by atoms with Gasteiger partial charge in [-0.1, -0.05) is 12.1 Å². The van der Waals surface area contributed by atoms with Gasteiger partial charge in [-0.15, -0.1) is 0 Å². The van der Waals surface area contributed by atoms with E-state index in [9.17, 15) is 0 Å². The minimum absolute atomic E-state index is 0.141. The molecular formula is C24H31N5O. The predicted molar refractivity (Wildman–Crippen MR) is 121 cm³/mol. The topological polar surface area (TPSA) is 57.3 Å². The largest absolute Gasteiger partial charge is 0.377 e. The number of H-pyrrole nitrogens is 1. The van der Waals surface area contributed by atoms with Crippen LogP contribution in [0.15, 0.2) is 30.5 Å². The van der Waals surface area contributed by atoms with Crippen molar-refractivity contribution in [1.82, 2.24) is 19.9 Å². The molecule has 0 unspecified atom stereocenters. The highest BCUT2D eigenvalue weighted by Gasteiger charge is 2.43. The molecule has 4 heterocycles. The van der Waals surface area contributed by atoms with Crippen LogP contribution >= 0.6 is 0 Å². The Morgan fingerprint density at radius 1 is 1.20 bits per heavy atom. The number of aromatic amines is 1. The maximum atomic E-state index is 5.72. The third kappa shape index (κ3) is 2.93. The van der Waals surface area contributed by atoms with E-state index in [4.69, 9.17) is 14.7 Å². The molecule has 2 aliphatic rings. The van der Waals surface area contributed by atoms with Crippen LogP contribution in [0.2, 0.25) is 0 Å². The molecule has 0 aliphatic carbocycles. The fourth-order valence-corrected chi connectivity index (χ4v) is 5.14. The van der Waals surface area contributed by atoms with Crippen LogP contribution < -0.4 is 4.90 Å². The zero-order valence-corrected chi connectivity index (χ0v) is 18.6. The van der Waals surface area contributed by atoms with Gasteiger partial charge >= 0.3 is 0 Å². The van der Waals surface area contributed by atoms with E-state index in [0.29, 0.717) is 12.1 Å². The lowest BCUT2D eigenvalue weighted by molar-refractivity contribution is 0.0945. The van der Waals surface area contributed by atoms with Gasteiger partial charge in [0.15, 0.2) is 5.82 Å². The summed E-state index contributed by atoms with van der Waals surface area (Å²) in [5, 5.41) is 1.16. The van der Waals surface area contributed by atoms with Crippen LogP contribution in [0.25, 0.3) is 22.3 Å². The molecule has 2 aromatic heterocycles. The van der Waals surface area contributed by atoms with Gasteiger partial charge in [-0.25, -0.2) is 9.97 Å². The average Bonchev–Trinajstić information content (AvgIpc) is 3.30. The van der Waals surface area contributed by atoms with Crippen molar-refractivity contribution in [3.05, 3.63) is 41.7 Å². The minimum atomic E-state index is -0.141. The van der Waals surface area contributed by atoms with Crippen molar-refractivity contribution < 1.29 is 4.74 Å². The fraction of sp³-hybridized carbons (Fsp3) is 0.500. The predicted octanol–water partition coefficient (Wildman–Crippen LogP) is 4.31. The van der Waals surface area contributed by atoms with E-state index in [2.05, 4.69) is 73.7 Å². The first-order valence-electron chi connectivity index (χ1n) is 11.0. The highest BCUT2D eigenvalue weighted by molar-refractivity contribution is 5.93. The van der Waals surface area contributed by atoms with Gasteiger partial charge in [-0.3, -0.25) is 4.90 Å². The monoisotopic (exact) mass is 405 g/mol. The van der Waals surface area contributed by atoms with Crippen LogP contribution in [0, 0.1) is 0 Å². The molecular weight excluding hydrogens is 374 g/mol. The third-order valence-corrected chi connectivity index (χ3v) is 6.71. The number of ether oxygens (including phenoxy) is 1. The molecule has 1 aromatic carbocycles. The SMILES string of the molecule is CC(C)N1Cc2c(N3CCOC[C@H]3C)nc(-c3cccc4[nH]ccc34)nc2C1(C)C. The van der Waals surface area contributed by atoms with Crippen molar-refractivity contribution in [2.24, 2.45) is 0 Å². The summed E-state index contributed by atoms with van der Waals surface area (Å²) >= 11 is 0. The van der Waals surface area contributed by atoms with E-state index in [1.807, 2.05) is 6.20 Å². The molecule has 1 fully saturated rings. The zero-order valence-electron chi connectivity index (χ0n) is 18.6. The molecule has 1 saturated heterocycles. The molecule has 0 spiro atoms. The number of benzene rings is 1. The minimum Gasteiger partial charge on any atom is -0.377 e. The first kappa shape index (κ1) is 19.5. The molecule has 1 atom stereocenters. The van der Waals surface area contributed by atoms with E-state index < -0.39 is 0 Å². The van der Waals surface area contributed by atoms with E-state index in [-0.39, 0.29) is 5.54 Å². The molecule has 0 bridgehead atoms. The molecule has 1 N–H and O–H groups in total. The van der Waals surface area contributed by atoms with Gasteiger partial charge in [-0.05, 0) is 46.8 Å². The first-order chi connectivity index (χ1) is 14.4. The van der Waals surface area contributed by atoms with Crippen LogP contribution in [0.5, 0.6) is 0 Å². The summed E-state index contributed by atoms with van der Waals surface area (Å²) in [5.74, 6) is 1.89. The van der Waals surface area contributed by atoms with Gasteiger partial charge < -0.3 is 14.6 Å². The maximum Gasteiger partial charge on any atom is 0.162 e. The molecule has 5 rings (SSSR count). The van der Waals surface area contributed by atoms with E-state index in [1.165, 1.54) is 5.56 Å². The summed E-state index contributed by atoms with van der Waals surface area (Å²) in [4.78, 5) is 18.7. The number of rotatable bonds is 3. The van der Waals surface area contributed by atoms with Gasteiger partial charge in [0.1, 0.15) is 5.82 Å². The Balaban J connectivity index is 1.74. The van der Waals surface area contributed by atoms with Gasteiger partial charge in [0.05, 0.1) is 30.5 Å². The quantitative estimate of drug-likeness (QED) is 0.704. The van der Waals surface area contributed by atoms with Crippen molar-refractivity contribution in [2.45, 2.75) is 58.8 Å².